The molecule has 0 bridgehead atoms. The number of pyridine rings is 1. The van der Waals surface area contributed by atoms with Crippen LogP contribution in [-0.2, 0) is 6.18 Å². The minimum Gasteiger partial charge on any atom is -0.381 e. The fourth-order valence-electron chi connectivity index (χ4n) is 1.17. The van der Waals surface area contributed by atoms with Crippen LogP contribution in [-0.4, -0.2) is 14.8 Å². The van der Waals surface area contributed by atoms with Gasteiger partial charge >= 0.3 is 6.18 Å². The largest absolute Gasteiger partial charge is 0.417 e. The lowest BCUT2D eigenvalue weighted by atomic mass is 10.3. The molecule has 2 aromatic heterocycles. The summed E-state index contributed by atoms with van der Waals surface area (Å²) in [5.41, 5.74) is 4.58. The lowest BCUT2D eigenvalue weighted by molar-refractivity contribution is -0.137. The zero-order valence-electron chi connectivity index (χ0n) is 8.24. The Morgan fingerprint density at radius 2 is 2.00 bits per heavy atom. The molecule has 0 fully saturated rings. The average molecular weight is 263 g/mol. The molecule has 0 radical (unpaired) electrons. The van der Waals surface area contributed by atoms with Gasteiger partial charge in [0, 0.05) is 6.20 Å². The average Bonchev–Trinajstić information content (AvgIpc) is 2.58. The second-order valence-electron chi connectivity index (χ2n) is 3.21. The summed E-state index contributed by atoms with van der Waals surface area (Å²) in [6, 6.07) is 2.10. The topological polar surface area (TPSA) is 56.7 Å². The van der Waals surface area contributed by atoms with Gasteiger partial charge in [0.1, 0.15) is 5.02 Å². The van der Waals surface area contributed by atoms with Crippen molar-refractivity contribution < 1.29 is 13.2 Å². The normalized spacial score (nSPS) is 11.8. The van der Waals surface area contributed by atoms with Gasteiger partial charge in [-0.2, -0.15) is 13.2 Å². The summed E-state index contributed by atoms with van der Waals surface area (Å²) < 4.78 is 38.1. The molecule has 2 N–H and O–H groups in total. The molecule has 0 saturated heterocycles. The summed E-state index contributed by atoms with van der Waals surface area (Å²) in [4.78, 5) is 3.64. The third-order valence-electron chi connectivity index (χ3n) is 2.01. The van der Waals surface area contributed by atoms with Gasteiger partial charge in [0.2, 0.25) is 0 Å². The van der Waals surface area contributed by atoms with Crippen molar-refractivity contribution in [2.45, 2.75) is 6.18 Å². The molecule has 0 aromatic carbocycles. The fraction of sp³-hybridized carbons (Fsp3) is 0.111. The zero-order valence-corrected chi connectivity index (χ0v) is 9.00. The van der Waals surface area contributed by atoms with Gasteiger partial charge in [-0.25, -0.2) is 9.67 Å². The first-order valence-electron chi connectivity index (χ1n) is 4.42. The molecule has 90 valence electrons. The molecule has 0 unspecified atom stereocenters. The Morgan fingerprint density at radius 3 is 2.41 bits per heavy atom. The second kappa shape index (κ2) is 3.92. The van der Waals surface area contributed by atoms with E-state index in [1.807, 2.05) is 0 Å². The molecule has 0 aliphatic carbocycles. The number of nitrogens with zero attached hydrogens (tertiary/aromatic N) is 3. The van der Waals surface area contributed by atoms with Gasteiger partial charge < -0.3 is 5.73 Å². The number of hydrogen-bond donors (Lipinski definition) is 1. The lowest BCUT2D eigenvalue weighted by Gasteiger charge is -2.06. The van der Waals surface area contributed by atoms with E-state index in [1.165, 1.54) is 16.9 Å². The van der Waals surface area contributed by atoms with Crippen LogP contribution in [0.2, 0.25) is 5.02 Å². The fourth-order valence-corrected chi connectivity index (χ4v) is 1.30. The Morgan fingerprint density at radius 1 is 1.29 bits per heavy atom. The molecule has 4 nitrogen and oxygen atoms in total. The summed E-state index contributed by atoms with van der Waals surface area (Å²) >= 11 is 5.67. The van der Waals surface area contributed by atoms with Gasteiger partial charge in [-0.3, -0.25) is 0 Å². The summed E-state index contributed by atoms with van der Waals surface area (Å²) in [6.45, 7) is 0. The van der Waals surface area contributed by atoms with Gasteiger partial charge in [-0.15, -0.1) is 5.10 Å². The van der Waals surface area contributed by atoms with Crippen LogP contribution in [0.4, 0.5) is 19.0 Å². The van der Waals surface area contributed by atoms with Gasteiger partial charge in [0.25, 0.3) is 0 Å². The molecular weight excluding hydrogens is 257 g/mol. The third kappa shape index (κ3) is 2.33. The highest BCUT2D eigenvalue weighted by Crippen LogP contribution is 2.28. The molecule has 2 heterocycles. The van der Waals surface area contributed by atoms with Crippen molar-refractivity contribution >= 4 is 17.4 Å². The van der Waals surface area contributed by atoms with Crippen molar-refractivity contribution in [1.29, 1.82) is 0 Å². The van der Waals surface area contributed by atoms with Crippen LogP contribution in [0.5, 0.6) is 0 Å². The van der Waals surface area contributed by atoms with Crippen LogP contribution in [0.3, 0.4) is 0 Å². The lowest BCUT2D eigenvalue weighted by Crippen LogP contribution is -2.07. The molecule has 0 aliphatic rings. The van der Waals surface area contributed by atoms with E-state index in [9.17, 15) is 13.2 Å². The van der Waals surface area contributed by atoms with Crippen LogP contribution in [0.15, 0.2) is 24.5 Å². The first-order valence-corrected chi connectivity index (χ1v) is 4.80. The summed E-state index contributed by atoms with van der Waals surface area (Å²) in [5, 5.41) is 4.01. The van der Waals surface area contributed by atoms with Gasteiger partial charge in [0.05, 0.1) is 11.8 Å². The van der Waals surface area contributed by atoms with Crippen molar-refractivity contribution in [1.82, 2.24) is 14.8 Å². The maximum Gasteiger partial charge on any atom is 0.417 e. The third-order valence-corrected chi connectivity index (χ3v) is 2.30. The first-order chi connectivity index (χ1) is 7.88. The SMILES string of the molecule is Nc1nn(-c2ccc(C(F)(F)F)cn2)cc1Cl. The van der Waals surface area contributed by atoms with E-state index in [0.717, 1.165) is 12.3 Å². The van der Waals surface area contributed by atoms with E-state index in [0.29, 0.717) is 0 Å². The molecule has 2 aromatic rings. The Balaban J connectivity index is 2.36. The molecule has 0 aliphatic heterocycles. The number of halogens is 4. The molecule has 0 atom stereocenters. The molecular formula is C9H6ClF3N4. The monoisotopic (exact) mass is 262 g/mol. The molecule has 0 amide bonds. The van der Waals surface area contributed by atoms with Crippen molar-refractivity contribution in [2.24, 2.45) is 0 Å². The summed E-state index contributed by atoms with van der Waals surface area (Å²) in [7, 11) is 0. The van der Waals surface area contributed by atoms with E-state index in [1.54, 1.807) is 0 Å². The predicted molar refractivity (Wildman–Crippen MR) is 55.8 cm³/mol. The highest BCUT2D eigenvalue weighted by Gasteiger charge is 2.30. The number of aromatic nitrogens is 3. The van der Waals surface area contributed by atoms with Gasteiger partial charge in [-0.05, 0) is 12.1 Å². The molecule has 0 spiro atoms. The van der Waals surface area contributed by atoms with Crippen molar-refractivity contribution in [3.8, 4) is 5.82 Å². The number of nitrogens with two attached hydrogens (primary N) is 1. The minimum atomic E-state index is -4.41. The van der Waals surface area contributed by atoms with E-state index >= 15 is 0 Å². The van der Waals surface area contributed by atoms with Crippen LogP contribution in [0.25, 0.3) is 5.82 Å². The number of nitrogen functional groups attached to an aromatic ring is 1. The van der Waals surface area contributed by atoms with Crippen molar-refractivity contribution in [2.75, 3.05) is 5.73 Å². The van der Waals surface area contributed by atoms with Crippen LogP contribution < -0.4 is 5.73 Å². The molecule has 8 heteroatoms. The first kappa shape index (κ1) is 11.7. The number of rotatable bonds is 1. The molecule has 0 saturated carbocycles. The Labute approximate surface area is 98.8 Å². The summed E-state index contributed by atoms with van der Waals surface area (Å²) in [6.07, 6.45) is -2.32. The molecule has 17 heavy (non-hydrogen) atoms. The molecule has 2 rings (SSSR count). The number of anilines is 1. The Hall–Kier alpha value is -1.76. The Kier molecular flexibility index (Phi) is 2.70. The highest BCUT2D eigenvalue weighted by atomic mass is 35.5. The van der Waals surface area contributed by atoms with E-state index in [-0.39, 0.29) is 16.7 Å². The van der Waals surface area contributed by atoms with Crippen LogP contribution in [0.1, 0.15) is 5.56 Å². The zero-order chi connectivity index (χ0) is 12.6. The minimum absolute atomic E-state index is 0.0911. The van der Waals surface area contributed by atoms with Gasteiger partial charge in [0.15, 0.2) is 11.6 Å². The second-order valence-corrected chi connectivity index (χ2v) is 3.62. The van der Waals surface area contributed by atoms with E-state index in [4.69, 9.17) is 17.3 Å². The highest BCUT2D eigenvalue weighted by molar-refractivity contribution is 6.32. The van der Waals surface area contributed by atoms with E-state index in [2.05, 4.69) is 10.1 Å². The summed E-state index contributed by atoms with van der Waals surface area (Å²) in [5.74, 6) is 0.296. The Bertz CT molecular complexity index is 513. The number of alkyl halides is 3. The predicted octanol–water partition coefficient (Wildman–Crippen LogP) is 2.52. The van der Waals surface area contributed by atoms with Crippen LogP contribution >= 0.6 is 11.6 Å². The van der Waals surface area contributed by atoms with E-state index < -0.39 is 11.7 Å². The quantitative estimate of drug-likeness (QED) is 0.859. The number of hydrogen-bond acceptors (Lipinski definition) is 3. The smallest absolute Gasteiger partial charge is 0.381 e. The van der Waals surface area contributed by atoms with Gasteiger partial charge in [-0.1, -0.05) is 11.6 Å². The van der Waals surface area contributed by atoms with Crippen LogP contribution in [0, 0.1) is 0 Å². The van der Waals surface area contributed by atoms with Crippen molar-refractivity contribution in [3.63, 3.8) is 0 Å². The van der Waals surface area contributed by atoms with Crippen molar-refractivity contribution in [3.05, 3.63) is 35.1 Å². The maximum atomic E-state index is 12.3. The maximum absolute atomic E-state index is 12.3. The standard InChI is InChI=1S/C9H6ClF3N4/c10-6-4-17(16-8(6)14)7-2-1-5(3-15-7)9(11,12)13/h1-4H,(H2,14,16).